The predicted molar refractivity (Wildman–Crippen MR) is 80.9 cm³/mol. The van der Waals surface area contributed by atoms with E-state index >= 15 is 0 Å². The Morgan fingerprint density at radius 3 is 2.90 bits per heavy atom. The zero-order valence-electron chi connectivity index (χ0n) is 11.5. The Balaban J connectivity index is 2.16. The summed E-state index contributed by atoms with van der Waals surface area (Å²) in [5.74, 6) is 0.833. The molecule has 104 valence electrons. The third kappa shape index (κ3) is 1.68. The largest absolute Gasteiger partial charge is 0.392 e. The molecule has 21 heavy (non-hydrogen) atoms. The van der Waals surface area contributed by atoms with Crippen LogP contribution in [0.25, 0.3) is 28.1 Å². The van der Waals surface area contributed by atoms with Crippen molar-refractivity contribution >= 4 is 16.7 Å². The summed E-state index contributed by atoms with van der Waals surface area (Å²) in [6, 6.07) is 9.77. The molecular formula is C16H14N4O. The predicted octanol–water partition coefficient (Wildman–Crippen LogP) is 2.68. The number of nitrogens with one attached hydrogen (secondary N) is 1. The van der Waals surface area contributed by atoms with E-state index in [1.807, 2.05) is 49.6 Å². The molecular weight excluding hydrogens is 264 g/mol. The molecule has 3 heterocycles. The number of fused-ring (bicyclic) bond motifs is 3. The van der Waals surface area contributed by atoms with Crippen molar-refractivity contribution in [3.8, 4) is 11.4 Å². The van der Waals surface area contributed by atoms with Crippen LogP contribution in [0, 0.1) is 6.92 Å². The Hall–Kier alpha value is -2.66. The van der Waals surface area contributed by atoms with Gasteiger partial charge in [0.15, 0.2) is 5.65 Å². The number of rotatable bonds is 2. The summed E-state index contributed by atoms with van der Waals surface area (Å²) in [6.45, 7) is 1.96. The number of aromatic nitrogens is 4. The van der Waals surface area contributed by atoms with Crippen molar-refractivity contribution in [2.45, 2.75) is 13.5 Å². The minimum atomic E-state index is -0.00843. The van der Waals surface area contributed by atoms with E-state index < -0.39 is 0 Å². The van der Waals surface area contributed by atoms with Crippen LogP contribution in [0.3, 0.4) is 0 Å². The van der Waals surface area contributed by atoms with Gasteiger partial charge in [-0.2, -0.15) is 0 Å². The third-order valence-electron chi connectivity index (χ3n) is 3.79. The van der Waals surface area contributed by atoms with E-state index in [1.165, 1.54) is 0 Å². The van der Waals surface area contributed by atoms with Crippen molar-refractivity contribution < 1.29 is 5.11 Å². The van der Waals surface area contributed by atoms with Gasteiger partial charge in [0.2, 0.25) is 0 Å². The summed E-state index contributed by atoms with van der Waals surface area (Å²) < 4.78 is 2.09. The first-order chi connectivity index (χ1) is 10.3. The molecule has 4 rings (SSSR count). The standard InChI is InChI=1S/C16H14N4O/c1-10-14-8-18-15-13(6-7-17-15)20(14)16(19-10)12-5-3-2-4-11(12)9-21/h2-8,17,21H,9H2,1H3. The summed E-state index contributed by atoms with van der Waals surface area (Å²) in [7, 11) is 0. The fraction of sp³-hybridized carbons (Fsp3) is 0.125. The highest BCUT2D eigenvalue weighted by Gasteiger charge is 2.15. The number of benzene rings is 1. The highest BCUT2D eigenvalue weighted by molar-refractivity contribution is 5.80. The summed E-state index contributed by atoms with van der Waals surface area (Å²) in [4.78, 5) is 12.2. The molecule has 0 saturated heterocycles. The number of hydrogen-bond acceptors (Lipinski definition) is 3. The lowest BCUT2D eigenvalue weighted by Gasteiger charge is -2.07. The maximum atomic E-state index is 9.58. The summed E-state index contributed by atoms with van der Waals surface area (Å²) in [6.07, 6.45) is 3.69. The average Bonchev–Trinajstić information content (AvgIpc) is 3.11. The van der Waals surface area contributed by atoms with Crippen molar-refractivity contribution in [1.82, 2.24) is 19.4 Å². The number of aryl methyl sites for hydroxylation is 1. The fourth-order valence-electron chi connectivity index (χ4n) is 2.76. The molecule has 3 aromatic heterocycles. The molecule has 5 heteroatoms. The SMILES string of the molecule is Cc1nc(-c2ccccc2CO)n2c1cnc1[nH]ccc12. The van der Waals surface area contributed by atoms with E-state index in [0.29, 0.717) is 0 Å². The van der Waals surface area contributed by atoms with Crippen LogP contribution in [0.4, 0.5) is 0 Å². The second-order valence-electron chi connectivity index (χ2n) is 5.03. The van der Waals surface area contributed by atoms with Gasteiger partial charge < -0.3 is 10.1 Å². The van der Waals surface area contributed by atoms with Gasteiger partial charge in [0.1, 0.15) is 5.82 Å². The second-order valence-corrected chi connectivity index (χ2v) is 5.03. The molecule has 4 aromatic rings. The van der Waals surface area contributed by atoms with Crippen molar-refractivity contribution in [1.29, 1.82) is 0 Å². The van der Waals surface area contributed by atoms with Gasteiger partial charge in [-0.1, -0.05) is 24.3 Å². The van der Waals surface area contributed by atoms with Crippen LogP contribution in [0.5, 0.6) is 0 Å². The number of aliphatic hydroxyl groups is 1. The Bertz CT molecular complexity index is 951. The average molecular weight is 278 g/mol. The normalized spacial score (nSPS) is 11.5. The minimum Gasteiger partial charge on any atom is -0.392 e. The smallest absolute Gasteiger partial charge is 0.154 e. The van der Waals surface area contributed by atoms with E-state index in [9.17, 15) is 5.11 Å². The molecule has 2 N–H and O–H groups in total. The van der Waals surface area contributed by atoms with E-state index in [1.54, 1.807) is 0 Å². The van der Waals surface area contributed by atoms with Crippen molar-refractivity contribution in [2.75, 3.05) is 0 Å². The lowest BCUT2D eigenvalue weighted by molar-refractivity contribution is 0.282. The van der Waals surface area contributed by atoms with Crippen LogP contribution < -0.4 is 0 Å². The van der Waals surface area contributed by atoms with Crippen LogP contribution in [0.2, 0.25) is 0 Å². The van der Waals surface area contributed by atoms with Gasteiger partial charge in [0.25, 0.3) is 0 Å². The van der Waals surface area contributed by atoms with Crippen molar-refractivity contribution in [3.05, 3.63) is 54.0 Å². The number of imidazole rings is 1. The minimum absolute atomic E-state index is 0.00843. The number of H-pyrrole nitrogens is 1. The Morgan fingerprint density at radius 2 is 2.05 bits per heavy atom. The summed E-state index contributed by atoms with van der Waals surface area (Å²) in [5.41, 5.74) is 5.51. The maximum Gasteiger partial charge on any atom is 0.154 e. The van der Waals surface area contributed by atoms with E-state index in [4.69, 9.17) is 4.98 Å². The molecule has 0 fully saturated rings. The molecule has 0 spiro atoms. The topological polar surface area (TPSA) is 66.2 Å². The number of hydrogen-bond donors (Lipinski definition) is 2. The van der Waals surface area contributed by atoms with Crippen LogP contribution in [0.1, 0.15) is 11.3 Å². The van der Waals surface area contributed by atoms with Gasteiger partial charge in [0.05, 0.1) is 29.5 Å². The second kappa shape index (κ2) is 4.43. The Labute approximate surface area is 120 Å². The van der Waals surface area contributed by atoms with Gasteiger partial charge in [-0.05, 0) is 18.6 Å². The lowest BCUT2D eigenvalue weighted by atomic mass is 10.1. The first-order valence-electron chi connectivity index (χ1n) is 6.80. The number of nitrogens with zero attached hydrogens (tertiary/aromatic N) is 3. The van der Waals surface area contributed by atoms with E-state index in [0.717, 1.165) is 39.3 Å². The molecule has 0 unspecified atom stereocenters. The first kappa shape index (κ1) is 12.1. The molecule has 0 atom stereocenters. The van der Waals surface area contributed by atoms with Gasteiger partial charge >= 0.3 is 0 Å². The van der Waals surface area contributed by atoms with Gasteiger partial charge in [-0.3, -0.25) is 4.40 Å². The van der Waals surface area contributed by atoms with Gasteiger partial charge in [-0.25, -0.2) is 9.97 Å². The van der Waals surface area contributed by atoms with Crippen LogP contribution >= 0.6 is 0 Å². The Morgan fingerprint density at radius 1 is 1.19 bits per heavy atom. The molecule has 0 aliphatic rings. The van der Waals surface area contributed by atoms with Crippen molar-refractivity contribution in [2.24, 2.45) is 0 Å². The van der Waals surface area contributed by atoms with Crippen LogP contribution in [-0.2, 0) is 6.61 Å². The van der Waals surface area contributed by atoms with Gasteiger partial charge in [-0.15, -0.1) is 0 Å². The van der Waals surface area contributed by atoms with E-state index in [-0.39, 0.29) is 6.61 Å². The van der Waals surface area contributed by atoms with E-state index in [2.05, 4.69) is 14.4 Å². The van der Waals surface area contributed by atoms with Crippen LogP contribution in [-0.4, -0.2) is 24.5 Å². The zero-order chi connectivity index (χ0) is 14.4. The maximum absolute atomic E-state index is 9.58. The molecule has 0 aliphatic carbocycles. The molecule has 0 radical (unpaired) electrons. The first-order valence-corrected chi connectivity index (χ1v) is 6.80. The highest BCUT2D eigenvalue weighted by atomic mass is 16.3. The monoisotopic (exact) mass is 278 g/mol. The molecule has 0 amide bonds. The number of aromatic amines is 1. The quantitative estimate of drug-likeness (QED) is 0.592. The molecule has 0 bridgehead atoms. The lowest BCUT2D eigenvalue weighted by Crippen LogP contribution is -1.96. The number of aliphatic hydroxyl groups excluding tert-OH is 1. The molecule has 5 nitrogen and oxygen atoms in total. The molecule has 0 saturated carbocycles. The molecule has 1 aromatic carbocycles. The van der Waals surface area contributed by atoms with Crippen LogP contribution in [0.15, 0.2) is 42.7 Å². The molecule has 0 aliphatic heterocycles. The Kier molecular flexibility index (Phi) is 2.55. The zero-order valence-corrected chi connectivity index (χ0v) is 11.5. The van der Waals surface area contributed by atoms with Gasteiger partial charge in [0, 0.05) is 11.8 Å². The van der Waals surface area contributed by atoms with Crippen molar-refractivity contribution in [3.63, 3.8) is 0 Å². The summed E-state index contributed by atoms with van der Waals surface area (Å²) in [5, 5.41) is 9.58. The summed E-state index contributed by atoms with van der Waals surface area (Å²) >= 11 is 0. The third-order valence-corrected chi connectivity index (χ3v) is 3.79. The fourth-order valence-corrected chi connectivity index (χ4v) is 2.76. The highest BCUT2D eigenvalue weighted by Crippen LogP contribution is 2.28.